The normalized spacial score (nSPS) is 25.8. The first kappa shape index (κ1) is 24.5. The van der Waals surface area contributed by atoms with E-state index in [4.69, 9.17) is 4.52 Å². The predicted molar refractivity (Wildman–Crippen MR) is 150 cm³/mol. The lowest BCUT2D eigenvalue weighted by molar-refractivity contribution is -0.0314. The molecule has 5 atom stereocenters. The smallest absolute Gasteiger partial charge is 0.189 e. The molecule has 2 fully saturated rings. The zero-order valence-corrected chi connectivity index (χ0v) is 21.8. The summed E-state index contributed by atoms with van der Waals surface area (Å²) >= 11 is 0. The molecule has 2 aliphatic rings. The summed E-state index contributed by atoms with van der Waals surface area (Å²) in [6.07, 6.45) is 0.837. The second-order valence-corrected chi connectivity index (χ2v) is 11.7. The van der Waals surface area contributed by atoms with Gasteiger partial charge in [0.15, 0.2) is 8.45 Å². The Labute approximate surface area is 221 Å². The van der Waals surface area contributed by atoms with E-state index in [0.717, 1.165) is 25.9 Å². The van der Waals surface area contributed by atoms with Gasteiger partial charge in [-0.1, -0.05) is 121 Å². The zero-order chi connectivity index (χ0) is 25.0. The van der Waals surface area contributed by atoms with E-state index >= 15 is 0 Å². The van der Waals surface area contributed by atoms with Gasteiger partial charge in [-0.25, -0.2) is 9.34 Å². The fourth-order valence-corrected chi connectivity index (χ4v) is 8.14. The van der Waals surface area contributed by atoms with Crippen molar-refractivity contribution in [1.29, 1.82) is 0 Å². The van der Waals surface area contributed by atoms with E-state index in [9.17, 15) is 5.11 Å². The molecule has 6 rings (SSSR count). The summed E-state index contributed by atoms with van der Waals surface area (Å²) in [6, 6.07) is 42.5. The minimum atomic E-state index is -1.06. The molecule has 188 valence electrons. The number of nitrogens with zero attached hydrogens (tertiary/aromatic N) is 2. The maximum absolute atomic E-state index is 11.9. The molecule has 37 heavy (non-hydrogen) atoms. The lowest BCUT2D eigenvalue weighted by atomic mass is 9.91. The second kappa shape index (κ2) is 11.3. The Morgan fingerprint density at radius 2 is 0.919 bits per heavy atom. The average molecular weight is 509 g/mol. The summed E-state index contributed by atoms with van der Waals surface area (Å²) < 4.78 is 11.8. The van der Waals surface area contributed by atoms with E-state index in [2.05, 4.69) is 131 Å². The fourth-order valence-electron chi connectivity index (χ4n) is 5.61. The van der Waals surface area contributed by atoms with Crippen LogP contribution in [0.1, 0.15) is 22.3 Å². The molecule has 4 aromatic rings. The summed E-state index contributed by atoms with van der Waals surface area (Å²) in [4.78, 5) is 0. The van der Waals surface area contributed by atoms with Crippen LogP contribution in [0.5, 0.6) is 0 Å². The first-order chi connectivity index (χ1) is 18.3. The SMILES string of the molecule is OC1C2OP(N(Cc3ccccc3)C1Cc1ccccc1)N(Cc1ccccc1)C2Cc1ccccc1. The van der Waals surface area contributed by atoms with Gasteiger partial charge in [-0.2, -0.15) is 0 Å². The first-order valence-electron chi connectivity index (χ1n) is 13.1. The molecule has 5 heteroatoms. The van der Waals surface area contributed by atoms with Crippen LogP contribution in [-0.2, 0) is 30.5 Å². The van der Waals surface area contributed by atoms with E-state index in [-0.39, 0.29) is 18.2 Å². The maximum atomic E-state index is 11.9. The summed E-state index contributed by atoms with van der Waals surface area (Å²) in [5, 5.41) is 11.9. The Balaban J connectivity index is 1.38. The van der Waals surface area contributed by atoms with Gasteiger partial charge in [-0.05, 0) is 35.1 Å². The highest BCUT2D eigenvalue weighted by atomic mass is 31.2. The Kier molecular flexibility index (Phi) is 7.45. The van der Waals surface area contributed by atoms with Crippen LogP contribution in [0.4, 0.5) is 0 Å². The van der Waals surface area contributed by atoms with Crippen molar-refractivity contribution in [1.82, 2.24) is 9.34 Å². The Hall–Kier alpha value is -2.85. The Morgan fingerprint density at radius 3 is 1.38 bits per heavy atom. The monoisotopic (exact) mass is 508 g/mol. The van der Waals surface area contributed by atoms with Gasteiger partial charge in [0.1, 0.15) is 6.10 Å². The van der Waals surface area contributed by atoms with Gasteiger partial charge in [0.2, 0.25) is 0 Å². The Bertz CT molecular complexity index is 1220. The highest BCUT2D eigenvalue weighted by Crippen LogP contribution is 2.61. The minimum Gasteiger partial charge on any atom is -0.389 e. The van der Waals surface area contributed by atoms with Crippen molar-refractivity contribution in [2.75, 3.05) is 0 Å². The van der Waals surface area contributed by atoms with Crippen molar-refractivity contribution in [3.8, 4) is 0 Å². The van der Waals surface area contributed by atoms with Gasteiger partial charge in [-0.15, -0.1) is 0 Å². The van der Waals surface area contributed by atoms with Gasteiger partial charge >= 0.3 is 0 Å². The molecule has 4 aromatic carbocycles. The van der Waals surface area contributed by atoms with Crippen LogP contribution in [0.2, 0.25) is 0 Å². The molecule has 1 N–H and O–H groups in total. The molecule has 4 nitrogen and oxygen atoms in total. The standard InChI is InChI=1S/C32H33N2O2P/c35-31-29(21-25-13-5-1-6-14-25)33(23-27-17-9-3-10-18-27)37-34(24-28-19-11-4-12-20-28)30(32(31)36-37)22-26-15-7-2-8-16-26/h1-20,29-32,35H,21-24H2. The van der Waals surface area contributed by atoms with Crippen molar-refractivity contribution in [2.45, 2.75) is 50.2 Å². The summed E-state index contributed by atoms with van der Waals surface area (Å²) in [6.45, 7) is 1.55. The molecule has 2 bridgehead atoms. The van der Waals surface area contributed by atoms with Gasteiger partial charge < -0.3 is 9.63 Å². The number of hydrogen-bond donors (Lipinski definition) is 1. The zero-order valence-electron chi connectivity index (χ0n) is 20.9. The van der Waals surface area contributed by atoms with Gasteiger partial charge in [0, 0.05) is 19.1 Å². The topological polar surface area (TPSA) is 35.9 Å². The Morgan fingerprint density at radius 1 is 0.541 bits per heavy atom. The summed E-state index contributed by atoms with van der Waals surface area (Å²) in [5.74, 6) is 0. The highest BCUT2D eigenvalue weighted by Gasteiger charge is 2.56. The molecule has 5 unspecified atom stereocenters. The number of hydrogen-bond acceptors (Lipinski definition) is 4. The molecular weight excluding hydrogens is 475 g/mol. The van der Waals surface area contributed by atoms with Crippen molar-refractivity contribution in [2.24, 2.45) is 0 Å². The van der Waals surface area contributed by atoms with Crippen LogP contribution in [0.25, 0.3) is 0 Å². The molecule has 2 heterocycles. The van der Waals surface area contributed by atoms with Crippen molar-refractivity contribution >= 4 is 8.45 Å². The molecule has 0 saturated carbocycles. The lowest BCUT2D eigenvalue weighted by Gasteiger charge is -2.43. The van der Waals surface area contributed by atoms with Crippen molar-refractivity contribution in [3.05, 3.63) is 144 Å². The number of aliphatic hydroxyl groups is 1. The molecular formula is C32H33N2O2P. The van der Waals surface area contributed by atoms with E-state index in [1.807, 2.05) is 0 Å². The molecule has 0 spiro atoms. The molecule has 0 aliphatic carbocycles. The molecule has 0 aromatic heterocycles. The van der Waals surface area contributed by atoms with Crippen LogP contribution in [0, 0.1) is 0 Å². The third-order valence-corrected chi connectivity index (χ3v) is 9.67. The minimum absolute atomic E-state index is 0.0217. The molecule has 0 radical (unpaired) electrons. The summed E-state index contributed by atoms with van der Waals surface area (Å²) in [5.41, 5.74) is 5.03. The van der Waals surface area contributed by atoms with Gasteiger partial charge in [0.05, 0.1) is 12.1 Å². The quantitative estimate of drug-likeness (QED) is 0.287. The highest BCUT2D eigenvalue weighted by molar-refractivity contribution is 7.47. The van der Waals surface area contributed by atoms with Crippen molar-refractivity contribution < 1.29 is 9.63 Å². The number of benzene rings is 4. The average Bonchev–Trinajstić information content (AvgIpc) is 3.26. The van der Waals surface area contributed by atoms with Crippen LogP contribution >= 0.6 is 8.45 Å². The van der Waals surface area contributed by atoms with E-state index < -0.39 is 14.6 Å². The van der Waals surface area contributed by atoms with Crippen molar-refractivity contribution in [3.63, 3.8) is 0 Å². The molecule has 2 aliphatic heterocycles. The van der Waals surface area contributed by atoms with E-state index in [1.165, 1.54) is 22.3 Å². The number of fused-ring (bicyclic) bond motifs is 2. The fraction of sp³-hybridized carbons (Fsp3) is 0.250. The predicted octanol–water partition coefficient (Wildman–Crippen LogP) is 6.21. The third-order valence-electron chi connectivity index (χ3n) is 7.48. The first-order valence-corrected chi connectivity index (χ1v) is 14.3. The molecule has 0 amide bonds. The van der Waals surface area contributed by atoms with Crippen LogP contribution in [-0.4, -0.2) is 38.7 Å². The van der Waals surface area contributed by atoms with Crippen LogP contribution in [0.15, 0.2) is 121 Å². The number of rotatable bonds is 8. The van der Waals surface area contributed by atoms with Crippen LogP contribution < -0.4 is 0 Å². The largest absolute Gasteiger partial charge is 0.389 e. The van der Waals surface area contributed by atoms with E-state index in [0.29, 0.717) is 0 Å². The summed E-state index contributed by atoms with van der Waals surface area (Å²) in [7, 11) is -1.06. The third kappa shape index (κ3) is 5.40. The molecule has 2 saturated heterocycles. The van der Waals surface area contributed by atoms with Crippen LogP contribution in [0.3, 0.4) is 0 Å². The maximum Gasteiger partial charge on any atom is 0.189 e. The lowest BCUT2D eigenvalue weighted by Crippen LogP contribution is -2.52. The second-order valence-electron chi connectivity index (χ2n) is 9.99. The van der Waals surface area contributed by atoms with E-state index in [1.54, 1.807) is 0 Å². The van der Waals surface area contributed by atoms with Gasteiger partial charge in [-0.3, -0.25) is 0 Å². The van der Waals surface area contributed by atoms with Gasteiger partial charge in [0.25, 0.3) is 0 Å². The number of aliphatic hydroxyl groups excluding tert-OH is 1.